The number of nitrogen functional groups attached to an aromatic ring is 1. The van der Waals surface area contributed by atoms with E-state index in [-0.39, 0.29) is 11.3 Å². The number of aromatic nitrogens is 1. The number of pyridine rings is 1. The Morgan fingerprint density at radius 1 is 1.11 bits per heavy atom. The molecule has 19 heavy (non-hydrogen) atoms. The molecule has 0 radical (unpaired) electrons. The van der Waals surface area contributed by atoms with Crippen molar-refractivity contribution in [2.45, 2.75) is 6.18 Å². The third-order valence-corrected chi connectivity index (χ3v) is 2.60. The number of nitrogens with zero attached hydrogens (tertiary/aromatic N) is 2. The number of halogens is 3. The summed E-state index contributed by atoms with van der Waals surface area (Å²) < 4.78 is 37.3. The molecule has 0 amide bonds. The van der Waals surface area contributed by atoms with Crippen LogP contribution in [-0.2, 0) is 6.18 Å². The molecule has 6 heteroatoms. The van der Waals surface area contributed by atoms with Crippen LogP contribution >= 0.6 is 0 Å². The maximum absolute atomic E-state index is 12.4. The highest BCUT2D eigenvalue weighted by Gasteiger charge is 2.30. The third kappa shape index (κ3) is 2.50. The third-order valence-electron chi connectivity index (χ3n) is 2.60. The van der Waals surface area contributed by atoms with E-state index in [1.54, 1.807) is 0 Å². The lowest BCUT2D eigenvalue weighted by molar-refractivity contribution is -0.137. The minimum absolute atomic E-state index is 0.157. The largest absolute Gasteiger partial charge is 0.416 e. The van der Waals surface area contributed by atoms with Crippen LogP contribution in [0.15, 0.2) is 36.5 Å². The normalized spacial score (nSPS) is 11.1. The highest BCUT2D eigenvalue weighted by Crippen LogP contribution is 2.32. The minimum atomic E-state index is -4.38. The molecule has 0 atom stereocenters. The number of anilines is 1. The van der Waals surface area contributed by atoms with Gasteiger partial charge in [-0.3, -0.25) is 4.98 Å². The molecule has 1 aromatic heterocycles. The summed E-state index contributed by atoms with van der Waals surface area (Å²) in [6.45, 7) is 0. The highest BCUT2D eigenvalue weighted by molar-refractivity contribution is 5.76. The van der Waals surface area contributed by atoms with E-state index < -0.39 is 11.7 Å². The standard InChI is InChI=1S/C13H8F3N3/c14-13(15,16)10-3-1-8(2-4-10)12-11(18)9(7-17)5-6-19-12/h1-6H,18H2. The van der Waals surface area contributed by atoms with Crippen LogP contribution in [0.2, 0.25) is 0 Å². The van der Waals surface area contributed by atoms with Crippen LogP contribution in [0, 0.1) is 11.3 Å². The van der Waals surface area contributed by atoms with Crippen molar-refractivity contribution in [3.63, 3.8) is 0 Å². The van der Waals surface area contributed by atoms with Crippen LogP contribution < -0.4 is 5.73 Å². The van der Waals surface area contributed by atoms with E-state index in [1.807, 2.05) is 6.07 Å². The average Bonchev–Trinajstić information content (AvgIpc) is 2.38. The lowest BCUT2D eigenvalue weighted by atomic mass is 10.0. The van der Waals surface area contributed by atoms with Crippen molar-refractivity contribution in [1.29, 1.82) is 5.26 Å². The summed E-state index contributed by atoms with van der Waals surface area (Å²) in [6, 6.07) is 7.81. The number of hydrogen-bond donors (Lipinski definition) is 1. The summed E-state index contributed by atoms with van der Waals surface area (Å²) in [5, 5.41) is 8.83. The summed E-state index contributed by atoms with van der Waals surface area (Å²) in [6.07, 6.45) is -2.99. The Hall–Kier alpha value is -2.55. The number of benzene rings is 1. The van der Waals surface area contributed by atoms with Crippen molar-refractivity contribution in [3.8, 4) is 17.3 Å². The van der Waals surface area contributed by atoms with E-state index in [1.165, 1.54) is 24.4 Å². The molecule has 0 aliphatic rings. The van der Waals surface area contributed by atoms with Crippen LogP contribution in [-0.4, -0.2) is 4.98 Å². The Morgan fingerprint density at radius 2 is 1.74 bits per heavy atom. The SMILES string of the molecule is N#Cc1ccnc(-c2ccc(C(F)(F)F)cc2)c1N. The molecule has 0 saturated carbocycles. The maximum atomic E-state index is 12.4. The van der Waals surface area contributed by atoms with Crippen molar-refractivity contribution in [2.24, 2.45) is 0 Å². The second-order valence-electron chi connectivity index (χ2n) is 3.81. The molecule has 2 rings (SSSR count). The predicted octanol–water partition coefficient (Wildman–Crippen LogP) is 3.22. The molecule has 0 bridgehead atoms. The van der Waals surface area contributed by atoms with E-state index in [0.717, 1.165) is 12.1 Å². The van der Waals surface area contributed by atoms with Crippen LogP contribution in [0.25, 0.3) is 11.3 Å². The van der Waals surface area contributed by atoms with Gasteiger partial charge in [0, 0.05) is 11.8 Å². The first-order valence-electron chi connectivity index (χ1n) is 5.25. The van der Waals surface area contributed by atoms with Crippen LogP contribution in [0.3, 0.4) is 0 Å². The topological polar surface area (TPSA) is 62.7 Å². The molecule has 0 fully saturated rings. The fourth-order valence-corrected chi connectivity index (χ4v) is 1.62. The first-order chi connectivity index (χ1) is 8.93. The van der Waals surface area contributed by atoms with Gasteiger partial charge in [0.15, 0.2) is 0 Å². The number of nitriles is 1. The molecule has 0 unspecified atom stereocenters. The fraction of sp³-hybridized carbons (Fsp3) is 0.0769. The van der Waals surface area contributed by atoms with Gasteiger partial charge >= 0.3 is 6.18 Å². The number of hydrogen-bond acceptors (Lipinski definition) is 3. The zero-order chi connectivity index (χ0) is 14.0. The Bertz CT molecular complexity index is 640. The Labute approximate surface area is 107 Å². The van der Waals surface area contributed by atoms with Crippen molar-refractivity contribution in [1.82, 2.24) is 4.98 Å². The lowest BCUT2D eigenvalue weighted by Gasteiger charge is -2.09. The number of rotatable bonds is 1. The molecule has 0 aliphatic carbocycles. The van der Waals surface area contributed by atoms with Gasteiger partial charge in [-0.05, 0) is 18.2 Å². The van der Waals surface area contributed by atoms with Gasteiger partial charge in [-0.15, -0.1) is 0 Å². The van der Waals surface area contributed by atoms with Gasteiger partial charge in [0.05, 0.1) is 22.5 Å². The lowest BCUT2D eigenvalue weighted by Crippen LogP contribution is -2.04. The maximum Gasteiger partial charge on any atom is 0.416 e. The van der Waals surface area contributed by atoms with Gasteiger partial charge < -0.3 is 5.73 Å². The van der Waals surface area contributed by atoms with Crippen LogP contribution in [0.1, 0.15) is 11.1 Å². The summed E-state index contributed by atoms with van der Waals surface area (Å²) >= 11 is 0. The molecular weight excluding hydrogens is 255 g/mol. The summed E-state index contributed by atoms with van der Waals surface area (Å²) in [5.74, 6) is 0. The van der Waals surface area contributed by atoms with E-state index in [0.29, 0.717) is 11.3 Å². The summed E-state index contributed by atoms with van der Waals surface area (Å²) in [4.78, 5) is 3.99. The molecular formula is C13H8F3N3. The zero-order valence-electron chi connectivity index (χ0n) is 9.57. The molecule has 3 nitrogen and oxygen atoms in total. The van der Waals surface area contributed by atoms with Gasteiger partial charge in [-0.25, -0.2) is 0 Å². The van der Waals surface area contributed by atoms with Gasteiger partial charge in [-0.2, -0.15) is 18.4 Å². The highest BCUT2D eigenvalue weighted by atomic mass is 19.4. The summed E-state index contributed by atoms with van der Waals surface area (Å²) in [7, 11) is 0. The molecule has 2 N–H and O–H groups in total. The first kappa shape index (κ1) is 12.9. The minimum Gasteiger partial charge on any atom is -0.396 e. The van der Waals surface area contributed by atoms with E-state index >= 15 is 0 Å². The van der Waals surface area contributed by atoms with Gasteiger partial charge in [-0.1, -0.05) is 12.1 Å². The van der Waals surface area contributed by atoms with Crippen LogP contribution in [0.5, 0.6) is 0 Å². The van der Waals surface area contributed by atoms with Crippen molar-refractivity contribution in [3.05, 3.63) is 47.7 Å². The smallest absolute Gasteiger partial charge is 0.396 e. The molecule has 1 aromatic carbocycles. The van der Waals surface area contributed by atoms with Crippen molar-refractivity contribution >= 4 is 5.69 Å². The predicted molar refractivity (Wildman–Crippen MR) is 63.8 cm³/mol. The van der Waals surface area contributed by atoms with E-state index in [9.17, 15) is 13.2 Å². The second-order valence-corrected chi connectivity index (χ2v) is 3.81. The first-order valence-corrected chi connectivity index (χ1v) is 5.25. The quantitative estimate of drug-likeness (QED) is 0.859. The second kappa shape index (κ2) is 4.61. The van der Waals surface area contributed by atoms with Crippen molar-refractivity contribution in [2.75, 3.05) is 5.73 Å². The Kier molecular flexibility index (Phi) is 3.13. The molecule has 1 heterocycles. The average molecular weight is 263 g/mol. The number of alkyl halides is 3. The molecule has 0 spiro atoms. The zero-order valence-corrected chi connectivity index (χ0v) is 9.57. The van der Waals surface area contributed by atoms with Gasteiger partial charge in [0.25, 0.3) is 0 Å². The van der Waals surface area contributed by atoms with E-state index in [4.69, 9.17) is 11.0 Å². The molecule has 96 valence electrons. The van der Waals surface area contributed by atoms with Crippen molar-refractivity contribution < 1.29 is 13.2 Å². The molecule has 0 aliphatic heterocycles. The Morgan fingerprint density at radius 3 is 2.26 bits per heavy atom. The van der Waals surface area contributed by atoms with Gasteiger partial charge in [0.2, 0.25) is 0 Å². The van der Waals surface area contributed by atoms with Gasteiger partial charge in [0.1, 0.15) is 6.07 Å². The summed E-state index contributed by atoms with van der Waals surface area (Å²) in [5.41, 5.74) is 6.13. The number of nitrogens with two attached hydrogens (primary N) is 1. The van der Waals surface area contributed by atoms with E-state index in [2.05, 4.69) is 4.98 Å². The molecule has 0 saturated heterocycles. The van der Waals surface area contributed by atoms with Crippen LogP contribution in [0.4, 0.5) is 18.9 Å². The Balaban J connectivity index is 2.47. The fourth-order valence-electron chi connectivity index (χ4n) is 1.62. The monoisotopic (exact) mass is 263 g/mol. The molecule has 2 aromatic rings.